The van der Waals surface area contributed by atoms with Crippen molar-refractivity contribution >= 4 is 26.0 Å². The third-order valence-electron chi connectivity index (χ3n) is 2.88. The highest BCUT2D eigenvalue weighted by atomic mass is 79.9. The standard InChI is InChI=1S/C14H22BrNO2S/c1-10(2)7-13(9-15)16-19(17,18)14-6-5-11(3)8-12(14)4/h5-6,8,10,13,16H,7,9H2,1-4H3. The second-order valence-electron chi connectivity index (χ2n) is 5.37. The van der Waals surface area contributed by atoms with Crippen molar-refractivity contribution in [1.29, 1.82) is 0 Å². The zero-order valence-electron chi connectivity index (χ0n) is 11.9. The van der Waals surface area contributed by atoms with Gasteiger partial charge in [-0.05, 0) is 37.8 Å². The summed E-state index contributed by atoms with van der Waals surface area (Å²) in [5.41, 5.74) is 1.85. The lowest BCUT2D eigenvalue weighted by Gasteiger charge is -2.19. The lowest BCUT2D eigenvalue weighted by molar-refractivity contribution is 0.488. The molecule has 0 aromatic heterocycles. The van der Waals surface area contributed by atoms with E-state index in [1.54, 1.807) is 6.07 Å². The van der Waals surface area contributed by atoms with Crippen molar-refractivity contribution in [3.8, 4) is 0 Å². The van der Waals surface area contributed by atoms with Gasteiger partial charge in [0.15, 0.2) is 0 Å². The van der Waals surface area contributed by atoms with Crippen molar-refractivity contribution in [2.45, 2.75) is 45.1 Å². The number of sulfonamides is 1. The van der Waals surface area contributed by atoms with E-state index < -0.39 is 10.0 Å². The smallest absolute Gasteiger partial charge is 0.207 e. The average molecular weight is 348 g/mol. The maximum Gasteiger partial charge on any atom is 0.241 e. The van der Waals surface area contributed by atoms with Gasteiger partial charge in [-0.15, -0.1) is 0 Å². The van der Waals surface area contributed by atoms with Crippen LogP contribution in [0.5, 0.6) is 0 Å². The van der Waals surface area contributed by atoms with Gasteiger partial charge in [0.25, 0.3) is 0 Å². The van der Waals surface area contributed by atoms with Crippen LogP contribution >= 0.6 is 15.9 Å². The van der Waals surface area contributed by atoms with E-state index >= 15 is 0 Å². The van der Waals surface area contributed by atoms with Gasteiger partial charge in [-0.1, -0.05) is 47.5 Å². The molecule has 0 aliphatic rings. The van der Waals surface area contributed by atoms with Gasteiger partial charge in [0, 0.05) is 11.4 Å². The normalized spacial score (nSPS) is 13.8. The summed E-state index contributed by atoms with van der Waals surface area (Å²) in [6, 6.07) is 5.31. The molecule has 0 fully saturated rings. The number of benzene rings is 1. The van der Waals surface area contributed by atoms with E-state index in [0.29, 0.717) is 16.1 Å². The molecule has 0 radical (unpaired) electrons. The van der Waals surface area contributed by atoms with Crippen molar-refractivity contribution in [3.05, 3.63) is 29.3 Å². The van der Waals surface area contributed by atoms with Gasteiger partial charge >= 0.3 is 0 Å². The largest absolute Gasteiger partial charge is 0.241 e. The summed E-state index contributed by atoms with van der Waals surface area (Å²) < 4.78 is 27.5. The Balaban J connectivity index is 2.97. The zero-order valence-corrected chi connectivity index (χ0v) is 14.3. The van der Waals surface area contributed by atoms with Crippen LogP contribution in [0.15, 0.2) is 23.1 Å². The quantitative estimate of drug-likeness (QED) is 0.801. The topological polar surface area (TPSA) is 46.2 Å². The molecule has 0 saturated carbocycles. The fourth-order valence-corrected chi connectivity index (χ4v) is 4.21. The Morgan fingerprint density at radius 3 is 2.37 bits per heavy atom. The van der Waals surface area contributed by atoms with Gasteiger partial charge in [0.1, 0.15) is 0 Å². The Labute approximate surface area is 125 Å². The molecule has 1 atom stereocenters. The number of hydrogen-bond acceptors (Lipinski definition) is 2. The summed E-state index contributed by atoms with van der Waals surface area (Å²) in [4.78, 5) is 0.368. The molecule has 1 aromatic carbocycles. The molecule has 0 aliphatic heterocycles. The van der Waals surface area contributed by atoms with Crippen molar-refractivity contribution < 1.29 is 8.42 Å². The van der Waals surface area contributed by atoms with E-state index in [1.165, 1.54) is 0 Å². The molecular formula is C14H22BrNO2S. The van der Waals surface area contributed by atoms with Crippen LogP contribution in [0.3, 0.4) is 0 Å². The van der Waals surface area contributed by atoms with Crippen LogP contribution in [0.1, 0.15) is 31.4 Å². The van der Waals surface area contributed by atoms with E-state index in [0.717, 1.165) is 17.5 Å². The molecule has 1 unspecified atom stereocenters. The predicted octanol–water partition coefficient (Wildman–Crippen LogP) is 3.39. The Morgan fingerprint density at radius 1 is 1.26 bits per heavy atom. The predicted molar refractivity (Wildman–Crippen MR) is 83.3 cm³/mol. The summed E-state index contributed by atoms with van der Waals surface area (Å²) in [5.74, 6) is 0.448. The fraction of sp³-hybridized carbons (Fsp3) is 0.571. The molecular weight excluding hydrogens is 326 g/mol. The maximum absolute atomic E-state index is 12.4. The third kappa shape index (κ3) is 4.89. The highest BCUT2D eigenvalue weighted by Gasteiger charge is 2.21. The van der Waals surface area contributed by atoms with Crippen LogP contribution in [0.25, 0.3) is 0 Å². The fourth-order valence-electron chi connectivity index (χ4n) is 2.10. The van der Waals surface area contributed by atoms with E-state index in [1.807, 2.05) is 26.0 Å². The van der Waals surface area contributed by atoms with E-state index in [4.69, 9.17) is 0 Å². The molecule has 0 aliphatic carbocycles. The summed E-state index contributed by atoms with van der Waals surface area (Å²) in [5, 5.41) is 0.620. The Kier molecular flexibility index (Phi) is 6.02. The first kappa shape index (κ1) is 16.7. The van der Waals surface area contributed by atoms with Crippen LogP contribution < -0.4 is 4.72 Å². The molecule has 3 nitrogen and oxygen atoms in total. The van der Waals surface area contributed by atoms with Gasteiger partial charge in [-0.25, -0.2) is 13.1 Å². The summed E-state index contributed by atoms with van der Waals surface area (Å²) in [6.45, 7) is 7.95. The van der Waals surface area contributed by atoms with Crippen LogP contribution in [0.2, 0.25) is 0 Å². The van der Waals surface area contributed by atoms with Gasteiger partial charge in [0.05, 0.1) is 4.90 Å². The molecule has 5 heteroatoms. The van der Waals surface area contributed by atoms with E-state index in [2.05, 4.69) is 34.5 Å². The number of aryl methyl sites for hydroxylation is 2. The monoisotopic (exact) mass is 347 g/mol. The first-order chi connectivity index (χ1) is 8.76. The van der Waals surface area contributed by atoms with Crippen LogP contribution in [0.4, 0.5) is 0 Å². The number of hydrogen-bond donors (Lipinski definition) is 1. The summed E-state index contributed by atoms with van der Waals surface area (Å²) in [6.07, 6.45) is 0.815. The van der Waals surface area contributed by atoms with Crippen LogP contribution in [-0.2, 0) is 10.0 Å². The molecule has 0 saturated heterocycles. The highest BCUT2D eigenvalue weighted by molar-refractivity contribution is 9.09. The Morgan fingerprint density at radius 2 is 1.89 bits per heavy atom. The minimum Gasteiger partial charge on any atom is -0.207 e. The Hall–Kier alpha value is -0.390. The zero-order chi connectivity index (χ0) is 14.6. The first-order valence-corrected chi connectivity index (χ1v) is 9.02. The van der Waals surface area contributed by atoms with E-state index in [-0.39, 0.29) is 6.04 Å². The molecule has 1 rings (SSSR count). The molecule has 0 heterocycles. The molecule has 0 bridgehead atoms. The van der Waals surface area contributed by atoms with Gasteiger partial charge < -0.3 is 0 Å². The summed E-state index contributed by atoms with van der Waals surface area (Å²) in [7, 11) is -3.44. The minimum atomic E-state index is -3.44. The van der Waals surface area contributed by atoms with Crippen LogP contribution in [0, 0.1) is 19.8 Å². The maximum atomic E-state index is 12.4. The molecule has 1 aromatic rings. The SMILES string of the molecule is Cc1ccc(S(=O)(=O)NC(CBr)CC(C)C)c(C)c1. The molecule has 0 spiro atoms. The lowest BCUT2D eigenvalue weighted by Crippen LogP contribution is -2.37. The van der Waals surface area contributed by atoms with Crippen molar-refractivity contribution in [3.63, 3.8) is 0 Å². The van der Waals surface area contributed by atoms with Gasteiger partial charge in [0.2, 0.25) is 10.0 Å². The van der Waals surface area contributed by atoms with Gasteiger partial charge in [-0.3, -0.25) is 0 Å². The van der Waals surface area contributed by atoms with Crippen molar-refractivity contribution in [2.24, 2.45) is 5.92 Å². The summed E-state index contributed by atoms with van der Waals surface area (Å²) >= 11 is 3.37. The lowest BCUT2D eigenvalue weighted by atomic mass is 10.1. The number of alkyl halides is 1. The van der Waals surface area contributed by atoms with Crippen molar-refractivity contribution in [1.82, 2.24) is 4.72 Å². The number of halogens is 1. The molecule has 108 valence electrons. The van der Waals surface area contributed by atoms with Crippen LogP contribution in [-0.4, -0.2) is 19.8 Å². The molecule has 19 heavy (non-hydrogen) atoms. The number of nitrogens with one attached hydrogen (secondary N) is 1. The minimum absolute atomic E-state index is 0.0781. The first-order valence-electron chi connectivity index (χ1n) is 6.41. The second-order valence-corrected chi connectivity index (χ2v) is 7.70. The molecule has 0 amide bonds. The van der Waals surface area contributed by atoms with E-state index in [9.17, 15) is 8.42 Å². The number of rotatable bonds is 6. The van der Waals surface area contributed by atoms with Gasteiger partial charge in [-0.2, -0.15) is 0 Å². The average Bonchev–Trinajstić information content (AvgIpc) is 2.26. The molecule has 1 N–H and O–H groups in total. The Bertz CT molecular complexity index is 526. The third-order valence-corrected chi connectivity index (χ3v) is 5.35. The second kappa shape index (κ2) is 6.86. The highest BCUT2D eigenvalue weighted by Crippen LogP contribution is 2.18. The van der Waals surface area contributed by atoms with Crippen molar-refractivity contribution in [2.75, 3.05) is 5.33 Å².